The molecule has 0 aliphatic heterocycles. The van der Waals surface area contributed by atoms with Crippen molar-refractivity contribution in [3.63, 3.8) is 0 Å². The third-order valence-corrected chi connectivity index (χ3v) is 5.86. The third-order valence-electron chi connectivity index (χ3n) is 5.86. The highest BCUT2D eigenvalue weighted by Crippen LogP contribution is 2.22. The lowest BCUT2D eigenvalue weighted by Crippen LogP contribution is -2.06. The molecule has 8 heteroatoms. The molecule has 0 N–H and O–H groups in total. The standard InChI is InChI=1S/C10H10O2.C9H12O2.C8H10O2.C7H16O2/c1-7(11)9-3-5-10(6-4-9)8(2)12;1-7-6-8(10-2)4-5-9(7)11-3;1-9-7-3-5-8(10-2)6-4-7;1-7(6-9-3)4-5-8-2/h3-6H,1-2H3;4-6H,1-3H3;3-6H,1-2H3;7H,4-6H2,1-3H3. The Bertz CT molecular complexity index is 1090. The van der Waals surface area contributed by atoms with Gasteiger partial charge in [-0.25, -0.2) is 0 Å². The van der Waals surface area contributed by atoms with Gasteiger partial charge in [-0.15, -0.1) is 0 Å². The Balaban J connectivity index is 0.000000537. The summed E-state index contributed by atoms with van der Waals surface area (Å²) in [5.41, 5.74) is 2.37. The topological polar surface area (TPSA) is 89.5 Å². The van der Waals surface area contributed by atoms with E-state index >= 15 is 0 Å². The van der Waals surface area contributed by atoms with Crippen molar-refractivity contribution >= 4 is 11.6 Å². The molecule has 0 saturated heterocycles. The highest BCUT2D eigenvalue weighted by molar-refractivity contribution is 5.97. The first-order valence-electron chi connectivity index (χ1n) is 13.5. The predicted octanol–water partition coefficient (Wildman–Crippen LogP) is 7.11. The van der Waals surface area contributed by atoms with Gasteiger partial charge < -0.3 is 28.4 Å². The SMILES string of the molecule is CC(=O)c1ccc(C(C)=O)cc1.COCCC(C)COC.COc1ccc(OC)c(C)c1.COc1ccc(OC)cc1. The van der Waals surface area contributed by atoms with E-state index in [0.29, 0.717) is 17.0 Å². The molecule has 3 rings (SSSR count). The van der Waals surface area contributed by atoms with Gasteiger partial charge in [0.1, 0.15) is 23.0 Å². The van der Waals surface area contributed by atoms with Crippen LogP contribution in [0.5, 0.6) is 23.0 Å². The molecule has 232 valence electrons. The number of carbonyl (C=O) groups excluding carboxylic acids is 2. The van der Waals surface area contributed by atoms with Gasteiger partial charge in [-0.3, -0.25) is 9.59 Å². The van der Waals surface area contributed by atoms with Crippen LogP contribution in [0.2, 0.25) is 0 Å². The molecule has 0 bridgehead atoms. The van der Waals surface area contributed by atoms with Crippen molar-refractivity contribution in [2.24, 2.45) is 5.92 Å². The molecule has 1 atom stereocenters. The molecule has 8 nitrogen and oxygen atoms in total. The summed E-state index contributed by atoms with van der Waals surface area (Å²) in [4.78, 5) is 21.7. The van der Waals surface area contributed by atoms with E-state index in [9.17, 15) is 9.59 Å². The number of rotatable bonds is 11. The fourth-order valence-electron chi connectivity index (χ4n) is 3.32. The Hall–Kier alpha value is -3.88. The lowest BCUT2D eigenvalue weighted by Gasteiger charge is -2.07. The Kier molecular flexibility index (Phi) is 20.7. The first-order chi connectivity index (χ1) is 20.1. The smallest absolute Gasteiger partial charge is 0.159 e. The molecule has 42 heavy (non-hydrogen) atoms. The van der Waals surface area contributed by atoms with Crippen LogP contribution in [0, 0.1) is 12.8 Å². The molecule has 0 heterocycles. The van der Waals surface area contributed by atoms with E-state index in [4.69, 9.17) is 28.4 Å². The van der Waals surface area contributed by atoms with E-state index < -0.39 is 0 Å². The van der Waals surface area contributed by atoms with Gasteiger partial charge in [-0.1, -0.05) is 31.2 Å². The van der Waals surface area contributed by atoms with Crippen LogP contribution in [0.25, 0.3) is 0 Å². The van der Waals surface area contributed by atoms with Gasteiger partial charge in [-0.2, -0.15) is 0 Å². The highest BCUT2D eigenvalue weighted by atomic mass is 16.5. The molecule has 0 aliphatic carbocycles. The molecular formula is C34H48O8. The third kappa shape index (κ3) is 16.4. The fraction of sp³-hybridized carbons (Fsp3) is 0.412. The molecule has 0 amide bonds. The summed E-state index contributed by atoms with van der Waals surface area (Å²) in [7, 11) is 10.0. The lowest BCUT2D eigenvalue weighted by atomic mass is 10.1. The Morgan fingerprint density at radius 2 is 1.05 bits per heavy atom. The number of methoxy groups -OCH3 is 6. The second-order valence-electron chi connectivity index (χ2n) is 9.25. The van der Waals surface area contributed by atoms with Crippen LogP contribution in [0.4, 0.5) is 0 Å². The van der Waals surface area contributed by atoms with Gasteiger partial charge >= 0.3 is 0 Å². The minimum Gasteiger partial charge on any atom is -0.497 e. The summed E-state index contributed by atoms with van der Waals surface area (Å²) in [6.45, 7) is 8.82. The van der Waals surface area contributed by atoms with Crippen molar-refractivity contribution in [1.82, 2.24) is 0 Å². The van der Waals surface area contributed by atoms with Gasteiger partial charge in [0.25, 0.3) is 0 Å². The first kappa shape index (κ1) is 38.1. The Morgan fingerprint density at radius 3 is 1.36 bits per heavy atom. The number of hydrogen-bond donors (Lipinski definition) is 0. The van der Waals surface area contributed by atoms with Gasteiger partial charge in [-0.05, 0) is 81.1 Å². The lowest BCUT2D eigenvalue weighted by molar-refractivity contribution is 0.100. The monoisotopic (exact) mass is 584 g/mol. The molecule has 1 unspecified atom stereocenters. The van der Waals surface area contributed by atoms with E-state index in [1.165, 1.54) is 13.8 Å². The van der Waals surface area contributed by atoms with Crippen LogP contribution in [-0.2, 0) is 9.47 Å². The zero-order valence-electron chi connectivity index (χ0n) is 26.8. The maximum Gasteiger partial charge on any atom is 0.159 e. The molecule has 0 aliphatic rings. The number of ether oxygens (including phenoxy) is 6. The Morgan fingerprint density at radius 1 is 0.619 bits per heavy atom. The van der Waals surface area contributed by atoms with Crippen molar-refractivity contribution in [2.75, 3.05) is 55.9 Å². The molecule has 0 spiro atoms. The summed E-state index contributed by atoms with van der Waals surface area (Å²) in [6, 6.07) is 19.8. The zero-order chi connectivity index (χ0) is 31.9. The summed E-state index contributed by atoms with van der Waals surface area (Å²) >= 11 is 0. The van der Waals surface area contributed by atoms with E-state index in [1.807, 2.05) is 49.4 Å². The molecule has 0 radical (unpaired) electrons. The largest absolute Gasteiger partial charge is 0.497 e. The number of ketones is 2. The van der Waals surface area contributed by atoms with Gasteiger partial charge in [0.2, 0.25) is 0 Å². The average Bonchev–Trinajstić information content (AvgIpc) is 3.01. The van der Waals surface area contributed by atoms with Crippen LogP contribution < -0.4 is 18.9 Å². The second-order valence-corrected chi connectivity index (χ2v) is 9.25. The highest BCUT2D eigenvalue weighted by Gasteiger charge is 2.01. The normalized spacial score (nSPS) is 10.2. The van der Waals surface area contributed by atoms with Gasteiger partial charge in [0, 0.05) is 38.6 Å². The van der Waals surface area contributed by atoms with Crippen molar-refractivity contribution in [2.45, 2.75) is 34.1 Å². The van der Waals surface area contributed by atoms with E-state index in [1.54, 1.807) is 66.9 Å². The maximum atomic E-state index is 10.8. The van der Waals surface area contributed by atoms with E-state index in [2.05, 4.69) is 6.92 Å². The number of benzene rings is 3. The van der Waals surface area contributed by atoms with Crippen LogP contribution in [0.1, 0.15) is 53.5 Å². The summed E-state index contributed by atoms with van der Waals surface area (Å²) in [6.07, 6.45) is 1.09. The van der Waals surface area contributed by atoms with Crippen molar-refractivity contribution in [3.8, 4) is 23.0 Å². The molecule has 0 aromatic heterocycles. The van der Waals surface area contributed by atoms with Crippen molar-refractivity contribution < 1.29 is 38.0 Å². The first-order valence-corrected chi connectivity index (χ1v) is 13.5. The second kappa shape index (κ2) is 22.8. The van der Waals surface area contributed by atoms with Crippen LogP contribution in [0.15, 0.2) is 66.7 Å². The van der Waals surface area contributed by atoms with Gasteiger partial charge in [0.05, 0.1) is 28.4 Å². The molecule has 0 saturated carbocycles. The Labute approximate surface area is 251 Å². The fourth-order valence-corrected chi connectivity index (χ4v) is 3.32. The minimum atomic E-state index is 0.0186. The molecule has 0 fully saturated rings. The van der Waals surface area contributed by atoms with Crippen molar-refractivity contribution in [1.29, 1.82) is 0 Å². The van der Waals surface area contributed by atoms with Crippen molar-refractivity contribution in [3.05, 3.63) is 83.4 Å². The summed E-state index contributed by atoms with van der Waals surface area (Å²) in [5.74, 6) is 4.11. The van der Waals surface area contributed by atoms with Gasteiger partial charge in [0.15, 0.2) is 11.6 Å². The zero-order valence-corrected chi connectivity index (χ0v) is 26.8. The van der Waals surface area contributed by atoms with Crippen LogP contribution in [0.3, 0.4) is 0 Å². The number of hydrogen-bond acceptors (Lipinski definition) is 8. The number of aryl methyl sites for hydroxylation is 1. The molecular weight excluding hydrogens is 536 g/mol. The van der Waals surface area contributed by atoms with Crippen LogP contribution >= 0.6 is 0 Å². The minimum absolute atomic E-state index is 0.0186. The predicted molar refractivity (Wildman–Crippen MR) is 168 cm³/mol. The number of Topliss-reactive ketones (excluding diaryl/α,β-unsaturated/α-hetero) is 2. The average molecular weight is 585 g/mol. The molecule has 3 aromatic rings. The number of carbonyl (C=O) groups is 2. The molecule has 3 aromatic carbocycles. The van der Waals surface area contributed by atoms with E-state index in [-0.39, 0.29) is 11.6 Å². The maximum absolute atomic E-state index is 10.8. The summed E-state index contributed by atoms with van der Waals surface area (Å²) in [5, 5.41) is 0. The van der Waals surface area contributed by atoms with E-state index in [0.717, 1.165) is 48.2 Å². The van der Waals surface area contributed by atoms with Crippen LogP contribution in [-0.4, -0.2) is 67.4 Å². The summed E-state index contributed by atoms with van der Waals surface area (Å²) < 4.78 is 29.9. The quantitative estimate of drug-likeness (QED) is 0.220.